The molecule has 4 N–H and O–H groups in total. The lowest BCUT2D eigenvalue weighted by Gasteiger charge is -2.41. The Balaban J connectivity index is 1.64. The predicted molar refractivity (Wildman–Crippen MR) is 159 cm³/mol. The number of ketones is 1. The summed E-state index contributed by atoms with van der Waals surface area (Å²) in [6, 6.07) is 8.86. The van der Waals surface area contributed by atoms with E-state index in [0.29, 0.717) is 0 Å². The van der Waals surface area contributed by atoms with Crippen molar-refractivity contribution in [2.45, 2.75) is 82.9 Å². The molecule has 0 aromatic heterocycles. The van der Waals surface area contributed by atoms with Gasteiger partial charge in [-0.2, -0.15) is 0 Å². The van der Waals surface area contributed by atoms with Gasteiger partial charge in [0.2, 0.25) is 0 Å². The molecule has 1 amide bonds. The number of hydrogen-bond acceptors (Lipinski definition) is 11. The third-order valence-corrected chi connectivity index (χ3v) is 7.02. The molecule has 3 rings (SSSR count). The van der Waals surface area contributed by atoms with Crippen molar-refractivity contribution in [2.75, 3.05) is 20.8 Å². The Morgan fingerprint density at radius 3 is 2.34 bits per heavy atom. The van der Waals surface area contributed by atoms with E-state index in [0.717, 1.165) is 11.1 Å². The van der Waals surface area contributed by atoms with Crippen LogP contribution >= 0.6 is 11.6 Å². The maximum absolute atomic E-state index is 13.2. The number of amides is 1. The summed E-state index contributed by atoms with van der Waals surface area (Å²) in [6.07, 6.45) is -4.95. The molecule has 0 bridgehead atoms. The molecule has 1 aliphatic rings. The molecule has 5 atom stereocenters. The number of carbonyl (C=O) groups excluding carboxylic acids is 3. The van der Waals surface area contributed by atoms with Crippen LogP contribution in [-0.4, -0.2) is 90.1 Å². The Bertz CT molecular complexity index is 1310. The summed E-state index contributed by atoms with van der Waals surface area (Å²) in [6.45, 7) is 4.86. The molecule has 1 aliphatic heterocycles. The summed E-state index contributed by atoms with van der Waals surface area (Å²) in [5.41, 5.74) is 0.939. The van der Waals surface area contributed by atoms with Gasteiger partial charge in [-0.3, -0.25) is 14.4 Å². The highest BCUT2D eigenvalue weighted by molar-refractivity contribution is 6.32. The van der Waals surface area contributed by atoms with Crippen LogP contribution in [0, 0.1) is 0 Å². The monoisotopic (exact) mass is 637 g/mol. The summed E-state index contributed by atoms with van der Waals surface area (Å²) in [7, 11) is 2.66. The number of nitrogens with one attached hydrogen (secondary N) is 1. The number of methoxy groups -OCH3 is 2. The molecule has 0 radical (unpaired) electrons. The fourth-order valence-corrected chi connectivity index (χ4v) is 4.82. The number of carbonyl (C=O) groups is 3. The van der Waals surface area contributed by atoms with Gasteiger partial charge in [0.25, 0.3) is 5.91 Å². The number of benzene rings is 2. The van der Waals surface area contributed by atoms with Crippen LogP contribution in [0.1, 0.15) is 55.1 Å². The zero-order valence-corrected chi connectivity index (χ0v) is 26.1. The first kappa shape index (κ1) is 35.2. The summed E-state index contributed by atoms with van der Waals surface area (Å²) in [4.78, 5) is 37.5. The van der Waals surface area contributed by atoms with E-state index in [1.807, 2.05) is 18.2 Å². The normalized spacial score (nSPS) is 21.8. The lowest BCUT2D eigenvalue weighted by Crippen LogP contribution is -2.64. The molecule has 0 aliphatic carbocycles. The Labute approximate surface area is 261 Å². The second-order valence-electron chi connectivity index (χ2n) is 11.3. The van der Waals surface area contributed by atoms with E-state index in [2.05, 4.69) is 5.32 Å². The number of aliphatic hydroxyl groups is 3. The minimum Gasteiger partial charge on any atom is -0.496 e. The van der Waals surface area contributed by atoms with E-state index >= 15 is 0 Å². The highest BCUT2D eigenvalue weighted by Gasteiger charge is 2.45. The average Bonchev–Trinajstić information content (AvgIpc) is 2.97. The van der Waals surface area contributed by atoms with Gasteiger partial charge >= 0.3 is 5.97 Å². The van der Waals surface area contributed by atoms with E-state index in [9.17, 15) is 29.7 Å². The Kier molecular flexibility index (Phi) is 12.5. The number of ether oxygens (including phenoxy) is 5. The van der Waals surface area contributed by atoms with E-state index in [4.69, 9.17) is 35.3 Å². The van der Waals surface area contributed by atoms with Crippen molar-refractivity contribution in [3.63, 3.8) is 0 Å². The van der Waals surface area contributed by atoms with E-state index in [-0.39, 0.29) is 53.7 Å². The van der Waals surface area contributed by atoms with Crippen LogP contribution < -0.4 is 14.8 Å². The van der Waals surface area contributed by atoms with Gasteiger partial charge < -0.3 is 44.3 Å². The first-order chi connectivity index (χ1) is 20.8. The molecule has 1 fully saturated rings. The molecular formula is C31H40ClNO11. The number of halogens is 1. The molecule has 12 nitrogen and oxygen atoms in total. The molecule has 0 unspecified atom stereocenters. The average molecular weight is 638 g/mol. The van der Waals surface area contributed by atoms with Crippen LogP contribution in [0.3, 0.4) is 0 Å². The Morgan fingerprint density at radius 1 is 1.00 bits per heavy atom. The zero-order valence-electron chi connectivity index (χ0n) is 25.4. The molecular weight excluding hydrogens is 598 g/mol. The van der Waals surface area contributed by atoms with E-state index in [1.54, 1.807) is 26.8 Å². The second kappa shape index (κ2) is 15.6. The minimum atomic E-state index is -1.49. The van der Waals surface area contributed by atoms with Gasteiger partial charge in [-0.25, -0.2) is 0 Å². The fourth-order valence-electron chi connectivity index (χ4n) is 4.60. The highest BCUT2D eigenvalue weighted by Crippen LogP contribution is 2.34. The molecule has 0 spiro atoms. The zero-order chi connectivity index (χ0) is 32.6. The molecule has 1 saturated heterocycles. The van der Waals surface area contributed by atoms with Crippen molar-refractivity contribution < 1.29 is 53.4 Å². The lowest BCUT2D eigenvalue weighted by molar-refractivity contribution is -0.261. The molecule has 242 valence electrons. The van der Waals surface area contributed by atoms with Gasteiger partial charge in [0, 0.05) is 26.0 Å². The largest absolute Gasteiger partial charge is 0.496 e. The van der Waals surface area contributed by atoms with Gasteiger partial charge in [-0.1, -0.05) is 35.9 Å². The third-order valence-electron chi connectivity index (χ3n) is 6.72. The van der Waals surface area contributed by atoms with Crippen molar-refractivity contribution in [2.24, 2.45) is 0 Å². The molecule has 2 aromatic rings. The number of esters is 1. The molecule has 44 heavy (non-hydrogen) atoms. The van der Waals surface area contributed by atoms with Gasteiger partial charge in [-0.15, -0.1) is 0 Å². The van der Waals surface area contributed by atoms with Crippen LogP contribution in [0.15, 0.2) is 36.4 Å². The lowest BCUT2D eigenvalue weighted by atomic mass is 9.96. The highest BCUT2D eigenvalue weighted by atomic mass is 35.5. The molecule has 2 aromatic carbocycles. The number of Topliss-reactive ketones (excluding diaryl/α,β-unsaturated/α-hetero) is 1. The summed E-state index contributed by atoms with van der Waals surface area (Å²) < 4.78 is 27.2. The van der Waals surface area contributed by atoms with Crippen LogP contribution in [0.5, 0.6) is 11.5 Å². The number of hydrogen-bond donors (Lipinski definition) is 4. The molecule has 1 heterocycles. The van der Waals surface area contributed by atoms with Crippen molar-refractivity contribution in [1.29, 1.82) is 0 Å². The van der Waals surface area contributed by atoms with Gasteiger partial charge in [0.1, 0.15) is 53.8 Å². The maximum Gasteiger partial charge on any atom is 0.306 e. The third kappa shape index (κ3) is 9.62. The number of rotatable bonds is 13. The molecule has 13 heteroatoms. The fraction of sp³-hybridized carbons (Fsp3) is 0.516. The molecule has 0 saturated carbocycles. The van der Waals surface area contributed by atoms with Gasteiger partial charge in [0.05, 0.1) is 30.7 Å². The minimum absolute atomic E-state index is 0.0152. The summed E-state index contributed by atoms with van der Waals surface area (Å²) in [5.74, 6) is -0.846. The maximum atomic E-state index is 13.2. The van der Waals surface area contributed by atoms with Gasteiger partial charge in [0.15, 0.2) is 6.29 Å². The summed E-state index contributed by atoms with van der Waals surface area (Å²) in [5, 5.41) is 32.8. The van der Waals surface area contributed by atoms with Crippen LogP contribution in [0.4, 0.5) is 0 Å². The van der Waals surface area contributed by atoms with Crippen molar-refractivity contribution >= 4 is 29.3 Å². The Morgan fingerprint density at radius 2 is 1.70 bits per heavy atom. The van der Waals surface area contributed by atoms with E-state index in [1.165, 1.54) is 26.4 Å². The smallest absolute Gasteiger partial charge is 0.306 e. The van der Waals surface area contributed by atoms with Crippen molar-refractivity contribution in [1.82, 2.24) is 5.32 Å². The van der Waals surface area contributed by atoms with Crippen molar-refractivity contribution in [3.8, 4) is 11.5 Å². The standard InChI is InChI=1S/C31H40ClNO11/c1-31(2,3)44-25(36)10-9-19(35)12-17-7-6-8-18(11-17)16-42-23-14-22(40-4)20(13-21(23)32)29(39)33-26-28(38)27(37)24(15-34)43-30(26)41-5/h6-8,11,13-14,24,26-28,30,34,37-38H,9-10,12,15-16H2,1-5H3,(H,33,39)/t24-,26-,27-,28-,30+/m1/s1. The van der Waals surface area contributed by atoms with Crippen LogP contribution in [0.25, 0.3) is 0 Å². The topological polar surface area (TPSA) is 170 Å². The number of aliphatic hydroxyl groups excluding tert-OH is 3. The van der Waals surface area contributed by atoms with Crippen molar-refractivity contribution in [3.05, 3.63) is 58.1 Å². The predicted octanol–water partition coefficient (Wildman–Crippen LogP) is 2.34. The van der Waals surface area contributed by atoms with E-state index < -0.39 is 54.7 Å². The quantitative estimate of drug-likeness (QED) is 0.238. The Hall–Kier alpha value is -3.26. The van der Waals surface area contributed by atoms with Crippen LogP contribution in [0.2, 0.25) is 5.02 Å². The first-order valence-corrected chi connectivity index (χ1v) is 14.4. The second-order valence-corrected chi connectivity index (χ2v) is 11.7. The van der Waals surface area contributed by atoms with Crippen LogP contribution in [-0.2, 0) is 36.8 Å². The van der Waals surface area contributed by atoms with Gasteiger partial charge in [-0.05, 0) is 38.0 Å². The summed E-state index contributed by atoms with van der Waals surface area (Å²) >= 11 is 6.45. The SMILES string of the molecule is COc1cc(OCc2cccc(CC(=O)CCC(=O)OC(C)(C)C)c2)c(Cl)cc1C(=O)N[C@H]1[C@@H](OC)O[C@H](CO)[C@@H](O)[C@@H]1O. The first-order valence-electron chi connectivity index (χ1n) is 14.0.